The van der Waals surface area contributed by atoms with E-state index >= 15 is 0 Å². The lowest BCUT2D eigenvalue weighted by Crippen LogP contribution is -2.48. The van der Waals surface area contributed by atoms with Crippen LogP contribution in [0.25, 0.3) is 0 Å². The van der Waals surface area contributed by atoms with Crippen LogP contribution in [0.1, 0.15) is 42.5 Å². The summed E-state index contributed by atoms with van der Waals surface area (Å²) in [6.07, 6.45) is 2.00. The number of oxime groups is 2. The SMILES string of the molecule is CO/N=C(\C(=O)NC(C)(C)CSC)c1ccccc1CO/N=C(/C)c1nnsc1C. The summed E-state index contributed by atoms with van der Waals surface area (Å²) in [5.41, 5.74) is 2.53. The molecule has 0 saturated heterocycles. The molecule has 1 N–H and O–H groups in total. The predicted molar refractivity (Wildman–Crippen MR) is 122 cm³/mol. The summed E-state index contributed by atoms with van der Waals surface area (Å²) >= 11 is 2.97. The molecule has 30 heavy (non-hydrogen) atoms. The summed E-state index contributed by atoms with van der Waals surface area (Å²) < 4.78 is 3.91. The molecule has 10 heteroatoms. The highest BCUT2D eigenvalue weighted by molar-refractivity contribution is 7.98. The van der Waals surface area contributed by atoms with Crippen molar-refractivity contribution in [2.75, 3.05) is 19.1 Å². The summed E-state index contributed by atoms with van der Waals surface area (Å²) in [6, 6.07) is 7.38. The van der Waals surface area contributed by atoms with E-state index in [1.807, 2.05) is 58.2 Å². The third-order valence-electron chi connectivity index (χ3n) is 4.04. The zero-order chi connectivity index (χ0) is 22.1. The second-order valence-corrected chi connectivity index (χ2v) is 9.00. The zero-order valence-corrected chi connectivity index (χ0v) is 19.7. The van der Waals surface area contributed by atoms with Gasteiger partial charge in [-0.05, 0) is 45.5 Å². The van der Waals surface area contributed by atoms with Crippen LogP contribution in [0.4, 0.5) is 0 Å². The summed E-state index contributed by atoms with van der Waals surface area (Å²) in [5, 5.41) is 15.2. The number of nitrogens with one attached hydrogen (secondary N) is 1. The highest BCUT2D eigenvalue weighted by atomic mass is 32.2. The van der Waals surface area contributed by atoms with Crippen LogP contribution in [-0.2, 0) is 21.1 Å². The fraction of sp³-hybridized carbons (Fsp3) is 0.450. The Morgan fingerprint density at radius 3 is 2.67 bits per heavy atom. The van der Waals surface area contributed by atoms with Crippen LogP contribution in [0.3, 0.4) is 0 Å². The number of benzene rings is 1. The number of hydrogen-bond donors (Lipinski definition) is 1. The van der Waals surface area contributed by atoms with Crippen molar-refractivity contribution in [2.45, 2.75) is 39.8 Å². The van der Waals surface area contributed by atoms with Gasteiger partial charge >= 0.3 is 0 Å². The molecule has 1 amide bonds. The van der Waals surface area contributed by atoms with Gasteiger partial charge in [-0.25, -0.2) is 0 Å². The molecule has 1 aromatic carbocycles. The molecule has 2 rings (SSSR count). The summed E-state index contributed by atoms with van der Waals surface area (Å²) in [5.74, 6) is 0.454. The van der Waals surface area contributed by atoms with E-state index in [2.05, 4.69) is 25.2 Å². The van der Waals surface area contributed by atoms with E-state index in [-0.39, 0.29) is 18.2 Å². The number of aryl methyl sites for hydroxylation is 1. The number of aromatic nitrogens is 2. The van der Waals surface area contributed by atoms with Crippen molar-refractivity contribution in [3.05, 3.63) is 46.0 Å². The van der Waals surface area contributed by atoms with Crippen LogP contribution in [0.2, 0.25) is 0 Å². The summed E-state index contributed by atoms with van der Waals surface area (Å²) in [7, 11) is 1.41. The summed E-state index contributed by atoms with van der Waals surface area (Å²) in [6.45, 7) is 7.84. The Morgan fingerprint density at radius 1 is 1.30 bits per heavy atom. The van der Waals surface area contributed by atoms with Crippen LogP contribution in [0, 0.1) is 6.92 Å². The molecule has 162 valence electrons. The van der Waals surface area contributed by atoms with Crippen LogP contribution < -0.4 is 5.32 Å². The first kappa shape index (κ1) is 23.8. The Balaban J connectivity index is 2.21. The zero-order valence-electron chi connectivity index (χ0n) is 18.1. The molecule has 0 spiro atoms. The van der Waals surface area contributed by atoms with E-state index in [9.17, 15) is 4.79 Å². The van der Waals surface area contributed by atoms with E-state index in [0.29, 0.717) is 17.0 Å². The second-order valence-electron chi connectivity index (χ2n) is 7.18. The first-order valence-corrected chi connectivity index (χ1v) is 11.4. The molecule has 0 bridgehead atoms. The first-order chi connectivity index (χ1) is 14.3. The van der Waals surface area contributed by atoms with Gasteiger partial charge in [0.05, 0.1) is 4.88 Å². The number of nitrogens with zero attached hydrogens (tertiary/aromatic N) is 4. The van der Waals surface area contributed by atoms with Gasteiger partial charge in [-0.3, -0.25) is 4.79 Å². The number of carbonyl (C=O) groups is 1. The van der Waals surface area contributed by atoms with Crippen molar-refractivity contribution in [3.63, 3.8) is 0 Å². The van der Waals surface area contributed by atoms with Gasteiger partial charge in [0, 0.05) is 22.4 Å². The molecule has 0 aliphatic carbocycles. The molecular formula is C20H27N5O3S2. The quantitative estimate of drug-likeness (QED) is 0.441. The minimum atomic E-state index is -0.392. The Labute approximate surface area is 185 Å². The number of rotatable bonds is 10. The third-order valence-corrected chi connectivity index (χ3v) is 5.68. The smallest absolute Gasteiger partial charge is 0.274 e. The molecule has 8 nitrogen and oxygen atoms in total. The average Bonchev–Trinajstić information content (AvgIpc) is 3.12. The highest BCUT2D eigenvalue weighted by Gasteiger charge is 2.25. The molecule has 0 radical (unpaired) electrons. The van der Waals surface area contributed by atoms with Crippen molar-refractivity contribution < 1.29 is 14.5 Å². The Hall–Kier alpha value is -2.46. The van der Waals surface area contributed by atoms with Gasteiger partial charge < -0.3 is 15.0 Å². The van der Waals surface area contributed by atoms with E-state index in [4.69, 9.17) is 9.68 Å². The molecule has 0 aliphatic heterocycles. The largest absolute Gasteiger partial charge is 0.398 e. The van der Waals surface area contributed by atoms with Gasteiger partial charge in [-0.1, -0.05) is 39.1 Å². The summed E-state index contributed by atoms with van der Waals surface area (Å²) in [4.78, 5) is 24.4. The molecule has 2 aromatic rings. The van der Waals surface area contributed by atoms with Gasteiger partial charge in [0.25, 0.3) is 5.91 Å². The molecule has 0 atom stereocenters. The van der Waals surface area contributed by atoms with Gasteiger partial charge in [-0.2, -0.15) is 11.8 Å². The lowest BCUT2D eigenvalue weighted by molar-refractivity contribution is -0.116. The fourth-order valence-corrected chi connectivity index (χ4v) is 4.06. The van der Waals surface area contributed by atoms with Crippen molar-refractivity contribution in [1.82, 2.24) is 14.9 Å². The average molecular weight is 450 g/mol. The predicted octanol–water partition coefficient (Wildman–Crippen LogP) is 3.40. The van der Waals surface area contributed by atoms with E-state index in [1.54, 1.807) is 11.8 Å². The van der Waals surface area contributed by atoms with Crippen LogP contribution >= 0.6 is 23.3 Å². The highest BCUT2D eigenvalue weighted by Crippen LogP contribution is 2.16. The van der Waals surface area contributed by atoms with Gasteiger partial charge in [-0.15, -0.1) is 5.10 Å². The maximum absolute atomic E-state index is 12.9. The normalized spacial score (nSPS) is 12.6. The number of amides is 1. The van der Waals surface area contributed by atoms with Crippen molar-refractivity contribution in [1.29, 1.82) is 0 Å². The first-order valence-electron chi connectivity index (χ1n) is 9.26. The Kier molecular flexibility index (Phi) is 8.79. The minimum Gasteiger partial charge on any atom is -0.398 e. The minimum absolute atomic E-state index is 0.161. The second kappa shape index (κ2) is 11.1. The topological polar surface area (TPSA) is 98.1 Å². The molecule has 0 unspecified atom stereocenters. The number of hydrogen-bond acceptors (Lipinski definition) is 9. The van der Waals surface area contributed by atoms with Crippen molar-refractivity contribution in [3.8, 4) is 0 Å². The third kappa shape index (κ3) is 6.53. The molecule has 1 aromatic heterocycles. The number of carbonyl (C=O) groups excluding carboxylic acids is 1. The van der Waals surface area contributed by atoms with Crippen LogP contribution in [0.15, 0.2) is 34.6 Å². The maximum Gasteiger partial charge on any atom is 0.274 e. The monoisotopic (exact) mass is 449 g/mol. The lowest BCUT2D eigenvalue weighted by atomic mass is 10.0. The number of thioether (sulfide) groups is 1. The molecule has 0 fully saturated rings. The fourth-order valence-electron chi connectivity index (χ4n) is 2.75. The van der Waals surface area contributed by atoms with Crippen molar-refractivity contribution in [2.24, 2.45) is 10.3 Å². The maximum atomic E-state index is 12.9. The van der Waals surface area contributed by atoms with Crippen LogP contribution in [0.5, 0.6) is 0 Å². The molecule has 0 aliphatic rings. The van der Waals surface area contributed by atoms with Gasteiger partial charge in [0.15, 0.2) is 5.71 Å². The standard InChI is InChI=1S/C20H27N5O3S2/c1-13(17-14(2)30-25-22-17)23-28-11-15-9-7-8-10-16(15)18(24-27-5)19(26)21-20(3,4)12-29-6/h7-10H,11-12H2,1-6H3,(H,21,26)/b23-13-,24-18-. The molecular weight excluding hydrogens is 422 g/mol. The lowest BCUT2D eigenvalue weighted by Gasteiger charge is -2.25. The van der Waals surface area contributed by atoms with E-state index < -0.39 is 5.54 Å². The Morgan fingerprint density at radius 2 is 2.03 bits per heavy atom. The molecule has 1 heterocycles. The van der Waals surface area contributed by atoms with Gasteiger partial charge in [0.2, 0.25) is 0 Å². The van der Waals surface area contributed by atoms with Crippen molar-refractivity contribution >= 4 is 40.6 Å². The van der Waals surface area contributed by atoms with E-state index in [0.717, 1.165) is 16.2 Å². The van der Waals surface area contributed by atoms with Crippen LogP contribution in [-0.4, -0.2) is 51.6 Å². The molecule has 0 saturated carbocycles. The van der Waals surface area contributed by atoms with Gasteiger partial charge in [0.1, 0.15) is 25.1 Å². The van der Waals surface area contributed by atoms with E-state index in [1.165, 1.54) is 18.6 Å². The Bertz CT molecular complexity index is 925.